The van der Waals surface area contributed by atoms with E-state index >= 15 is 0 Å². The number of carboxylic acids is 1. The lowest BCUT2D eigenvalue weighted by Gasteiger charge is -2.35. The van der Waals surface area contributed by atoms with Crippen LogP contribution in [-0.2, 0) is 22.6 Å². The third-order valence-corrected chi connectivity index (χ3v) is 4.78. The number of aryl methyl sites for hydroxylation is 1. The van der Waals surface area contributed by atoms with E-state index in [1.54, 1.807) is 17.0 Å². The van der Waals surface area contributed by atoms with E-state index in [0.717, 1.165) is 38.2 Å². The number of nitrogens with zero attached hydrogens (tertiary/aromatic N) is 4. The summed E-state index contributed by atoms with van der Waals surface area (Å²) in [6.45, 7) is 3.53. The van der Waals surface area contributed by atoms with Gasteiger partial charge in [0.1, 0.15) is 12.4 Å². The molecule has 1 saturated heterocycles. The molecule has 2 heterocycles. The van der Waals surface area contributed by atoms with Crippen LogP contribution < -0.4 is 0 Å². The maximum Gasteiger partial charge on any atom is 0.323 e. The number of aliphatic carboxylic acids is 1. The first-order valence-corrected chi connectivity index (χ1v) is 9.64. The van der Waals surface area contributed by atoms with Crippen molar-refractivity contribution in [2.24, 2.45) is 0 Å². The summed E-state index contributed by atoms with van der Waals surface area (Å²) in [4.78, 5) is 31.3. The van der Waals surface area contributed by atoms with Gasteiger partial charge in [-0.1, -0.05) is 6.92 Å². The van der Waals surface area contributed by atoms with E-state index in [0.29, 0.717) is 24.7 Å². The highest BCUT2D eigenvalue weighted by molar-refractivity contribution is 6.17. The van der Waals surface area contributed by atoms with Gasteiger partial charge in [0.2, 0.25) is 5.91 Å². The zero-order valence-corrected chi connectivity index (χ0v) is 16.8. The van der Waals surface area contributed by atoms with Crippen LogP contribution in [0.5, 0.6) is 0 Å². The maximum absolute atomic E-state index is 12.3. The van der Waals surface area contributed by atoms with E-state index in [1.165, 1.54) is 0 Å². The smallest absolute Gasteiger partial charge is 0.323 e. The average molecular weight is 387 g/mol. The lowest BCUT2D eigenvalue weighted by Crippen LogP contribution is -2.44. The van der Waals surface area contributed by atoms with Crippen LogP contribution in [0.3, 0.4) is 0 Å². The fraction of sp³-hybridized carbons (Fsp3) is 0.722. The van der Waals surface area contributed by atoms with E-state index in [-0.39, 0.29) is 12.5 Å². The molecule has 0 aromatic carbocycles. The molecule has 0 aliphatic carbocycles. The number of rotatable bonds is 7. The summed E-state index contributed by atoms with van der Waals surface area (Å²) < 4.78 is 1.58. The largest absolute Gasteiger partial charge is 0.480 e. The van der Waals surface area contributed by atoms with Crippen LogP contribution in [0, 0.1) is 0 Å². The fourth-order valence-electron chi connectivity index (χ4n) is 2.87. The molecule has 1 N–H and O–H groups in total. The van der Waals surface area contributed by atoms with Crippen LogP contribution in [0.4, 0.5) is 0 Å². The van der Waals surface area contributed by atoms with E-state index < -0.39 is 5.97 Å². The number of hydrogen-bond donors (Lipinski definition) is 1. The van der Waals surface area contributed by atoms with Crippen LogP contribution >= 0.6 is 11.6 Å². The van der Waals surface area contributed by atoms with Crippen molar-refractivity contribution in [1.82, 2.24) is 19.4 Å². The Balaban J connectivity index is 0.000000765. The Morgan fingerprint density at radius 2 is 1.96 bits per heavy atom. The molecule has 2 rings (SSSR count). The first-order chi connectivity index (χ1) is 12.4. The van der Waals surface area contributed by atoms with Gasteiger partial charge in [0.25, 0.3) is 0 Å². The molecule has 1 fully saturated rings. The topological polar surface area (TPSA) is 78.7 Å². The Labute approximate surface area is 160 Å². The van der Waals surface area contributed by atoms with Gasteiger partial charge >= 0.3 is 5.97 Å². The number of imidazole rings is 1. The van der Waals surface area contributed by atoms with E-state index in [4.69, 9.17) is 16.7 Å². The molecule has 1 aliphatic rings. The lowest BCUT2D eigenvalue weighted by molar-refractivity contribution is -0.137. The highest BCUT2D eigenvalue weighted by Gasteiger charge is 2.23. The minimum absolute atomic E-state index is 0.113. The van der Waals surface area contributed by atoms with Gasteiger partial charge < -0.3 is 19.5 Å². The highest BCUT2D eigenvalue weighted by Crippen LogP contribution is 2.15. The van der Waals surface area contributed by atoms with E-state index in [9.17, 15) is 9.59 Å². The highest BCUT2D eigenvalue weighted by atomic mass is 35.5. The first kappa shape index (κ1) is 22.4. The molecule has 1 amide bonds. The predicted octanol–water partition coefficient (Wildman–Crippen LogP) is 2.09. The molecule has 0 spiro atoms. The van der Waals surface area contributed by atoms with E-state index in [1.807, 2.05) is 11.8 Å². The number of carbonyl (C=O) groups is 2. The van der Waals surface area contributed by atoms with Crippen molar-refractivity contribution in [3.63, 3.8) is 0 Å². The van der Waals surface area contributed by atoms with Crippen LogP contribution in [-0.4, -0.2) is 75.4 Å². The molecule has 0 radical (unpaired) electrons. The monoisotopic (exact) mass is 386 g/mol. The molecule has 1 aliphatic heterocycles. The molecule has 148 valence electrons. The molecule has 0 saturated carbocycles. The van der Waals surface area contributed by atoms with Gasteiger partial charge in [-0.25, -0.2) is 4.98 Å². The first-order valence-electron chi connectivity index (χ1n) is 9.11. The second-order valence-electron chi connectivity index (χ2n) is 6.63. The maximum atomic E-state index is 12.3. The van der Waals surface area contributed by atoms with Gasteiger partial charge in [0.05, 0.1) is 0 Å². The summed E-state index contributed by atoms with van der Waals surface area (Å²) in [5.74, 6) is 0.664. The van der Waals surface area contributed by atoms with Gasteiger partial charge in [-0.15, -0.1) is 11.6 Å². The van der Waals surface area contributed by atoms with Crippen molar-refractivity contribution in [2.75, 3.05) is 33.1 Å². The van der Waals surface area contributed by atoms with Crippen LogP contribution in [0.1, 0.15) is 38.4 Å². The molecule has 0 bridgehead atoms. The number of carbonyl (C=O) groups excluding carboxylic acids is 1. The number of aromatic nitrogens is 2. The number of piperidine rings is 1. The summed E-state index contributed by atoms with van der Waals surface area (Å²) in [6.07, 6.45) is 7.16. The van der Waals surface area contributed by atoms with Gasteiger partial charge in [0, 0.05) is 50.2 Å². The summed E-state index contributed by atoms with van der Waals surface area (Å²) in [7, 11) is 4.15. The molecular formula is C18H31ClN4O3. The second kappa shape index (κ2) is 11.9. The lowest BCUT2D eigenvalue weighted by atomic mass is 10.0. The fourth-order valence-corrected chi connectivity index (χ4v) is 2.87. The van der Waals surface area contributed by atoms with Crippen molar-refractivity contribution in [3.05, 3.63) is 18.2 Å². The third kappa shape index (κ3) is 7.74. The zero-order chi connectivity index (χ0) is 19.5. The molecule has 1 aromatic rings. The predicted molar refractivity (Wildman–Crippen MR) is 102 cm³/mol. The number of likely N-dealkylation sites (tertiary alicyclic amines) is 1. The Morgan fingerprint density at radius 3 is 2.46 bits per heavy atom. The van der Waals surface area contributed by atoms with Gasteiger partial charge in [-0.05, 0) is 33.4 Å². The molecule has 7 nitrogen and oxygen atoms in total. The average Bonchev–Trinajstić information content (AvgIpc) is 3.06. The number of amides is 1. The molecule has 8 heteroatoms. The van der Waals surface area contributed by atoms with Crippen molar-refractivity contribution in [2.45, 2.75) is 51.6 Å². The Bertz CT molecular complexity index is 552. The molecule has 0 atom stereocenters. The van der Waals surface area contributed by atoms with Crippen LogP contribution in [0.25, 0.3) is 0 Å². The summed E-state index contributed by atoms with van der Waals surface area (Å²) >= 11 is 5.19. The van der Waals surface area contributed by atoms with Crippen molar-refractivity contribution in [1.29, 1.82) is 0 Å². The van der Waals surface area contributed by atoms with Gasteiger partial charge in [-0.2, -0.15) is 0 Å². The Hall–Kier alpha value is -1.60. The second-order valence-corrected chi connectivity index (χ2v) is 7.01. The van der Waals surface area contributed by atoms with Gasteiger partial charge in [0.15, 0.2) is 0 Å². The van der Waals surface area contributed by atoms with Crippen molar-refractivity contribution < 1.29 is 14.7 Å². The summed E-state index contributed by atoms with van der Waals surface area (Å²) in [5, 5.41) is 8.83. The van der Waals surface area contributed by atoms with Crippen LogP contribution in [0.15, 0.2) is 12.4 Å². The summed E-state index contributed by atoms with van der Waals surface area (Å²) in [6, 6.07) is 0.554. The Morgan fingerprint density at radius 1 is 1.35 bits per heavy atom. The quantitative estimate of drug-likeness (QED) is 0.726. The number of halogens is 1. The number of hydrogen-bond acceptors (Lipinski definition) is 4. The Kier molecular flexibility index (Phi) is 10.3. The molecule has 26 heavy (non-hydrogen) atoms. The van der Waals surface area contributed by atoms with Crippen molar-refractivity contribution in [3.8, 4) is 0 Å². The molecule has 1 aromatic heterocycles. The normalized spacial score (nSPS) is 14.9. The number of alkyl halides is 1. The summed E-state index contributed by atoms with van der Waals surface area (Å²) in [5.41, 5.74) is 0. The standard InChI is InChI=1S/C15H24N4O3.C3H7Cl/c1-17(2)12-5-8-18(9-6-12)14(20)4-3-13-16-7-10-19(13)11-15(21)22;1-2-3-4/h7,10,12H,3-6,8-9,11H2,1-2H3,(H,21,22);2-3H2,1H3. The SMILES string of the molecule is CCCCl.CN(C)C1CCN(C(=O)CCc2nccn2CC(=O)O)CC1. The zero-order valence-electron chi connectivity index (χ0n) is 16.0. The van der Waals surface area contributed by atoms with Crippen molar-refractivity contribution >= 4 is 23.5 Å². The minimum atomic E-state index is -0.906. The van der Waals surface area contributed by atoms with Gasteiger partial charge in [-0.3, -0.25) is 9.59 Å². The van der Waals surface area contributed by atoms with E-state index in [2.05, 4.69) is 24.0 Å². The molecular weight excluding hydrogens is 356 g/mol. The molecule has 0 unspecified atom stereocenters. The number of carboxylic acid groups (broad SMARTS) is 1. The third-order valence-electron chi connectivity index (χ3n) is 4.41. The van der Waals surface area contributed by atoms with Crippen LogP contribution in [0.2, 0.25) is 0 Å². The minimum Gasteiger partial charge on any atom is -0.480 e.